The lowest BCUT2D eigenvalue weighted by atomic mass is 10.1. The van der Waals surface area contributed by atoms with E-state index < -0.39 is 11.9 Å². The maximum absolute atomic E-state index is 12.9. The van der Waals surface area contributed by atoms with E-state index in [9.17, 15) is 18.3 Å². The van der Waals surface area contributed by atoms with Crippen molar-refractivity contribution in [3.05, 3.63) is 11.8 Å². The van der Waals surface area contributed by atoms with Crippen LogP contribution in [-0.4, -0.2) is 34.3 Å². The summed E-state index contributed by atoms with van der Waals surface area (Å²) in [5.74, 6) is 0.0182. The Labute approximate surface area is 122 Å². The fraction of sp³-hybridized carbons (Fsp3) is 0.692. The molecule has 0 saturated carbocycles. The van der Waals surface area contributed by atoms with E-state index in [4.69, 9.17) is 0 Å². The lowest BCUT2D eigenvalue weighted by Crippen LogP contribution is -2.30. The summed E-state index contributed by atoms with van der Waals surface area (Å²) in [6.45, 7) is 5.89. The van der Waals surface area contributed by atoms with Gasteiger partial charge in [-0.1, -0.05) is 20.8 Å². The molecule has 0 saturated heterocycles. The van der Waals surface area contributed by atoms with Gasteiger partial charge in [0, 0.05) is 12.6 Å². The molecule has 8 heteroatoms. The van der Waals surface area contributed by atoms with Crippen LogP contribution < -0.4 is 10.6 Å². The van der Waals surface area contributed by atoms with Crippen molar-refractivity contribution >= 4 is 11.8 Å². The Hall–Kier alpha value is -1.57. The molecule has 1 aromatic rings. The van der Waals surface area contributed by atoms with Crippen molar-refractivity contribution < 1.29 is 18.3 Å². The van der Waals surface area contributed by atoms with Crippen molar-refractivity contribution in [3.8, 4) is 0 Å². The normalized spacial score (nSPS) is 13.3. The Bertz CT molecular complexity index is 452. The second-order valence-corrected chi connectivity index (χ2v) is 5.06. The zero-order chi connectivity index (χ0) is 16.0. The molecule has 0 aliphatic heterocycles. The highest BCUT2D eigenvalue weighted by Gasteiger charge is 2.34. The molecule has 0 aliphatic rings. The number of hydrogen-bond acceptors (Lipinski definition) is 5. The largest absolute Gasteiger partial charge is 0.433 e. The maximum atomic E-state index is 12.9. The number of aromatic nitrogens is 2. The summed E-state index contributed by atoms with van der Waals surface area (Å²) in [5, 5.41) is 14.8. The molecule has 0 radical (unpaired) electrons. The van der Waals surface area contributed by atoms with Crippen molar-refractivity contribution in [2.75, 3.05) is 23.8 Å². The summed E-state index contributed by atoms with van der Waals surface area (Å²) in [4.78, 5) is 7.48. The zero-order valence-corrected chi connectivity index (χ0v) is 12.3. The number of alkyl halides is 3. The summed E-state index contributed by atoms with van der Waals surface area (Å²) in [7, 11) is 0. The average molecular weight is 306 g/mol. The molecule has 0 fully saturated rings. The summed E-state index contributed by atoms with van der Waals surface area (Å²) in [5.41, 5.74) is -1.01. The fourth-order valence-electron chi connectivity index (χ4n) is 1.60. The molecule has 1 aromatic heterocycles. The molecule has 0 aliphatic carbocycles. The Morgan fingerprint density at radius 1 is 1.29 bits per heavy atom. The molecule has 3 N–H and O–H groups in total. The molecule has 0 unspecified atom stereocenters. The topological polar surface area (TPSA) is 70.1 Å². The predicted molar refractivity (Wildman–Crippen MR) is 75.1 cm³/mol. The van der Waals surface area contributed by atoms with Crippen LogP contribution in [0.1, 0.15) is 32.9 Å². The standard InChI is InChI=1S/C13H21F3N4O/c1-4-5-17-12-19-10(13(14,15)16)6-11(20-12)18-9(7-21)8(2)3/h6,8-9,21H,4-5,7H2,1-3H3,(H2,17,18,19,20)/t9-/m1/s1. The summed E-state index contributed by atoms with van der Waals surface area (Å²) in [6, 6.07) is 0.474. The van der Waals surface area contributed by atoms with E-state index in [-0.39, 0.29) is 30.3 Å². The van der Waals surface area contributed by atoms with Gasteiger partial charge in [-0.25, -0.2) is 4.98 Å². The summed E-state index contributed by atoms with van der Waals surface area (Å²) >= 11 is 0. The monoisotopic (exact) mass is 306 g/mol. The number of halogens is 3. The molecular formula is C13H21F3N4O. The summed E-state index contributed by atoms with van der Waals surface area (Å²) in [6.07, 6.45) is -3.80. The number of anilines is 2. The van der Waals surface area contributed by atoms with Gasteiger partial charge in [-0.05, 0) is 12.3 Å². The third-order valence-corrected chi connectivity index (χ3v) is 2.88. The minimum absolute atomic E-state index is 0.0451. The molecule has 1 rings (SSSR count). The lowest BCUT2D eigenvalue weighted by Gasteiger charge is -2.21. The van der Waals surface area contributed by atoms with Crippen molar-refractivity contribution in [2.45, 2.75) is 39.4 Å². The number of aliphatic hydroxyl groups is 1. The second kappa shape index (κ2) is 7.44. The highest BCUT2D eigenvalue weighted by Crippen LogP contribution is 2.30. The first kappa shape index (κ1) is 17.5. The Morgan fingerprint density at radius 3 is 2.43 bits per heavy atom. The number of nitrogens with one attached hydrogen (secondary N) is 2. The smallest absolute Gasteiger partial charge is 0.394 e. The molecule has 0 bridgehead atoms. The Kier molecular flexibility index (Phi) is 6.19. The van der Waals surface area contributed by atoms with E-state index in [0.717, 1.165) is 12.5 Å². The van der Waals surface area contributed by atoms with Crippen LogP contribution in [0.15, 0.2) is 6.07 Å². The van der Waals surface area contributed by atoms with Crippen molar-refractivity contribution in [1.29, 1.82) is 0 Å². The van der Waals surface area contributed by atoms with Crippen LogP contribution in [0, 0.1) is 5.92 Å². The summed E-state index contributed by atoms with van der Waals surface area (Å²) < 4.78 is 38.6. The number of rotatable bonds is 7. The minimum Gasteiger partial charge on any atom is -0.394 e. The van der Waals surface area contributed by atoms with Gasteiger partial charge in [-0.15, -0.1) is 0 Å². The van der Waals surface area contributed by atoms with Gasteiger partial charge < -0.3 is 15.7 Å². The van der Waals surface area contributed by atoms with Gasteiger partial charge in [-0.2, -0.15) is 18.2 Å². The van der Waals surface area contributed by atoms with Crippen LogP contribution in [0.2, 0.25) is 0 Å². The van der Waals surface area contributed by atoms with Gasteiger partial charge in [0.15, 0.2) is 5.69 Å². The zero-order valence-electron chi connectivity index (χ0n) is 12.3. The third-order valence-electron chi connectivity index (χ3n) is 2.88. The van der Waals surface area contributed by atoms with Crippen LogP contribution in [0.25, 0.3) is 0 Å². The predicted octanol–water partition coefficient (Wildman–Crippen LogP) is 2.75. The second-order valence-electron chi connectivity index (χ2n) is 5.06. The first-order chi connectivity index (χ1) is 9.77. The van der Waals surface area contributed by atoms with Crippen LogP contribution in [-0.2, 0) is 6.18 Å². The van der Waals surface area contributed by atoms with Crippen molar-refractivity contribution in [2.24, 2.45) is 5.92 Å². The van der Waals surface area contributed by atoms with Gasteiger partial charge >= 0.3 is 6.18 Å². The molecule has 5 nitrogen and oxygen atoms in total. The van der Waals surface area contributed by atoms with Gasteiger partial charge in [0.25, 0.3) is 0 Å². The van der Waals surface area contributed by atoms with Gasteiger partial charge in [0.05, 0.1) is 12.6 Å². The van der Waals surface area contributed by atoms with E-state index in [2.05, 4.69) is 20.6 Å². The minimum atomic E-state index is -4.55. The van der Waals surface area contributed by atoms with Crippen LogP contribution in [0.5, 0.6) is 0 Å². The Balaban J connectivity index is 3.06. The van der Waals surface area contributed by atoms with Crippen LogP contribution in [0.4, 0.5) is 24.9 Å². The first-order valence-electron chi connectivity index (χ1n) is 6.85. The molecule has 0 amide bonds. The van der Waals surface area contributed by atoms with Crippen LogP contribution >= 0.6 is 0 Å². The van der Waals surface area contributed by atoms with E-state index in [1.165, 1.54) is 0 Å². The highest BCUT2D eigenvalue weighted by molar-refractivity contribution is 5.44. The van der Waals surface area contributed by atoms with Crippen molar-refractivity contribution in [1.82, 2.24) is 9.97 Å². The van der Waals surface area contributed by atoms with E-state index >= 15 is 0 Å². The number of nitrogens with zero attached hydrogens (tertiary/aromatic N) is 2. The van der Waals surface area contributed by atoms with Gasteiger partial charge in [-0.3, -0.25) is 0 Å². The Morgan fingerprint density at radius 2 is 1.95 bits per heavy atom. The molecule has 1 heterocycles. The van der Waals surface area contributed by atoms with E-state index in [1.807, 2.05) is 20.8 Å². The van der Waals surface area contributed by atoms with E-state index in [0.29, 0.717) is 6.54 Å². The van der Waals surface area contributed by atoms with Crippen LogP contribution in [0.3, 0.4) is 0 Å². The molecular weight excluding hydrogens is 285 g/mol. The number of hydrogen-bond donors (Lipinski definition) is 3. The molecule has 21 heavy (non-hydrogen) atoms. The third kappa shape index (κ3) is 5.37. The first-order valence-corrected chi connectivity index (χ1v) is 6.85. The molecule has 1 atom stereocenters. The SMILES string of the molecule is CCCNc1nc(N[C@H](CO)C(C)C)cc(C(F)(F)F)n1. The van der Waals surface area contributed by atoms with E-state index in [1.54, 1.807) is 0 Å². The van der Waals surface area contributed by atoms with Crippen molar-refractivity contribution in [3.63, 3.8) is 0 Å². The quantitative estimate of drug-likeness (QED) is 0.722. The van der Waals surface area contributed by atoms with Gasteiger partial charge in [0.1, 0.15) is 5.82 Å². The molecule has 120 valence electrons. The number of aliphatic hydroxyl groups excluding tert-OH is 1. The molecule has 0 spiro atoms. The lowest BCUT2D eigenvalue weighted by molar-refractivity contribution is -0.141. The average Bonchev–Trinajstić information content (AvgIpc) is 2.41. The fourth-order valence-corrected chi connectivity index (χ4v) is 1.60. The highest BCUT2D eigenvalue weighted by atomic mass is 19.4. The van der Waals surface area contributed by atoms with Gasteiger partial charge in [0.2, 0.25) is 5.95 Å². The maximum Gasteiger partial charge on any atom is 0.433 e. The molecule has 0 aromatic carbocycles.